The van der Waals surface area contributed by atoms with Crippen LogP contribution in [0.3, 0.4) is 0 Å². The lowest BCUT2D eigenvalue weighted by atomic mass is 10.1. The number of ketones is 1. The van der Waals surface area contributed by atoms with E-state index >= 15 is 0 Å². The molecular weight excluding hydrogens is 430 g/mol. The first-order valence-electron chi connectivity index (χ1n) is 10.2. The fourth-order valence-electron chi connectivity index (χ4n) is 2.78. The van der Waals surface area contributed by atoms with E-state index in [0.717, 1.165) is 11.3 Å². The second-order valence-corrected chi connectivity index (χ2v) is 8.34. The Morgan fingerprint density at radius 1 is 1.03 bits per heavy atom. The first-order valence-corrected chi connectivity index (χ1v) is 11.4. The highest BCUT2D eigenvalue weighted by Crippen LogP contribution is 2.29. The van der Waals surface area contributed by atoms with Gasteiger partial charge >= 0.3 is 5.97 Å². The van der Waals surface area contributed by atoms with E-state index in [2.05, 4.69) is 19.2 Å². The minimum absolute atomic E-state index is 0.234. The van der Waals surface area contributed by atoms with Gasteiger partial charge < -0.3 is 19.5 Å². The van der Waals surface area contributed by atoms with Crippen molar-refractivity contribution in [3.8, 4) is 11.5 Å². The number of hydrogen-bond acceptors (Lipinski definition) is 7. The number of carbonyl (C=O) groups is 3. The molecule has 0 atom stereocenters. The van der Waals surface area contributed by atoms with Gasteiger partial charge in [-0.25, -0.2) is 4.79 Å². The molecule has 0 aromatic heterocycles. The van der Waals surface area contributed by atoms with E-state index in [1.54, 1.807) is 30.3 Å². The Morgan fingerprint density at radius 3 is 2.38 bits per heavy atom. The summed E-state index contributed by atoms with van der Waals surface area (Å²) in [6.07, 6.45) is 2.77. The molecule has 0 unspecified atom stereocenters. The number of Topliss-reactive ketones (excluding diaryl/α,β-unsaturated/α-hetero) is 1. The van der Waals surface area contributed by atoms with Gasteiger partial charge in [0.05, 0.1) is 25.0 Å². The van der Waals surface area contributed by atoms with Crippen LogP contribution in [0.2, 0.25) is 0 Å². The average Bonchev–Trinajstić information content (AvgIpc) is 2.76. The van der Waals surface area contributed by atoms with Crippen LogP contribution in [0.1, 0.15) is 47.9 Å². The van der Waals surface area contributed by atoms with Gasteiger partial charge in [0.25, 0.3) is 0 Å². The van der Waals surface area contributed by atoms with Gasteiger partial charge in [0, 0.05) is 17.4 Å². The summed E-state index contributed by atoms with van der Waals surface area (Å²) in [4.78, 5) is 37.2. The summed E-state index contributed by atoms with van der Waals surface area (Å²) in [7, 11) is 1.49. The molecule has 0 aliphatic heterocycles. The number of amides is 1. The molecule has 1 N–H and O–H groups in total. The van der Waals surface area contributed by atoms with E-state index in [0.29, 0.717) is 35.3 Å². The number of ether oxygens (including phenoxy) is 3. The maximum absolute atomic E-state index is 12.5. The van der Waals surface area contributed by atoms with Crippen LogP contribution in [0.15, 0.2) is 41.3 Å². The predicted octanol–water partition coefficient (Wildman–Crippen LogP) is 4.84. The maximum Gasteiger partial charge on any atom is 0.338 e. The number of methoxy groups -OCH3 is 1. The maximum atomic E-state index is 12.5. The Labute approximate surface area is 192 Å². The molecule has 32 heavy (non-hydrogen) atoms. The highest BCUT2D eigenvalue weighted by atomic mass is 32.2. The van der Waals surface area contributed by atoms with Gasteiger partial charge in [-0.1, -0.05) is 19.9 Å². The summed E-state index contributed by atoms with van der Waals surface area (Å²) in [6, 6.07) is 9.71. The number of rotatable bonds is 11. The lowest BCUT2D eigenvalue weighted by Crippen LogP contribution is -2.15. The van der Waals surface area contributed by atoms with E-state index in [-0.39, 0.29) is 17.3 Å². The summed E-state index contributed by atoms with van der Waals surface area (Å²) in [6.45, 7) is 5.74. The zero-order valence-corrected chi connectivity index (χ0v) is 19.8. The van der Waals surface area contributed by atoms with E-state index in [1.807, 2.05) is 6.26 Å². The molecule has 2 aromatic rings. The zero-order valence-electron chi connectivity index (χ0n) is 19.0. The molecule has 0 aliphatic carbocycles. The molecule has 0 saturated heterocycles. The third kappa shape index (κ3) is 7.30. The third-order valence-electron chi connectivity index (χ3n) is 4.52. The van der Waals surface area contributed by atoms with Gasteiger partial charge in [0.1, 0.15) is 0 Å². The monoisotopic (exact) mass is 459 g/mol. The van der Waals surface area contributed by atoms with Gasteiger partial charge in [0.2, 0.25) is 5.91 Å². The molecule has 0 bridgehead atoms. The van der Waals surface area contributed by atoms with Crippen LogP contribution < -0.4 is 14.8 Å². The lowest BCUT2D eigenvalue weighted by molar-refractivity contribution is -0.114. The SMILES string of the molecule is COc1cc(C(=O)OCC(=O)c2ccc(SC)c(NC(C)=O)c2)ccc1OCCC(C)C. The smallest absolute Gasteiger partial charge is 0.338 e. The van der Waals surface area contributed by atoms with Crippen molar-refractivity contribution in [3.63, 3.8) is 0 Å². The van der Waals surface area contributed by atoms with Crippen molar-refractivity contribution in [2.75, 3.05) is 31.9 Å². The van der Waals surface area contributed by atoms with E-state index in [9.17, 15) is 14.4 Å². The van der Waals surface area contributed by atoms with Crippen molar-refractivity contribution in [2.45, 2.75) is 32.1 Å². The predicted molar refractivity (Wildman–Crippen MR) is 125 cm³/mol. The van der Waals surface area contributed by atoms with Crippen LogP contribution in [0.5, 0.6) is 11.5 Å². The summed E-state index contributed by atoms with van der Waals surface area (Å²) in [5.74, 6) is 0.217. The van der Waals surface area contributed by atoms with Gasteiger partial charge in [-0.15, -0.1) is 11.8 Å². The van der Waals surface area contributed by atoms with Crippen LogP contribution in [0.25, 0.3) is 0 Å². The summed E-state index contributed by atoms with van der Waals surface area (Å²) in [5, 5.41) is 2.70. The second kappa shape index (κ2) is 12.1. The van der Waals surface area contributed by atoms with Crippen molar-refractivity contribution in [2.24, 2.45) is 5.92 Å². The number of esters is 1. The Bertz CT molecular complexity index is 973. The molecule has 7 nitrogen and oxygen atoms in total. The van der Waals surface area contributed by atoms with Crippen LogP contribution in [0, 0.1) is 5.92 Å². The van der Waals surface area contributed by atoms with Crippen LogP contribution in [-0.4, -0.2) is 44.2 Å². The fraction of sp³-hybridized carbons (Fsp3) is 0.375. The molecular formula is C24H29NO6S. The second-order valence-electron chi connectivity index (χ2n) is 7.49. The quantitative estimate of drug-likeness (QED) is 0.292. The lowest BCUT2D eigenvalue weighted by Gasteiger charge is -2.13. The summed E-state index contributed by atoms with van der Waals surface area (Å²) >= 11 is 1.45. The average molecular weight is 460 g/mol. The van der Waals surface area contributed by atoms with Crippen molar-refractivity contribution in [1.29, 1.82) is 0 Å². The number of thioether (sulfide) groups is 1. The minimum atomic E-state index is -0.645. The molecule has 2 rings (SSSR count). The van der Waals surface area contributed by atoms with Crippen LogP contribution in [-0.2, 0) is 9.53 Å². The number of carbonyl (C=O) groups excluding carboxylic acids is 3. The molecule has 0 radical (unpaired) electrons. The number of anilines is 1. The first kappa shape index (κ1) is 25.3. The number of benzene rings is 2. The molecule has 0 spiro atoms. The Balaban J connectivity index is 2.04. The third-order valence-corrected chi connectivity index (χ3v) is 5.31. The number of nitrogens with one attached hydrogen (secondary N) is 1. The van der Waals surface area contributed by atoms with Gasteiger partial charge in [-0.3, -0.25) is 9.59 Å². The van der Waals surface area contributed by atoms with Crippen molar-refractivity contribution < 1.29 is 28.6 Å². The number of hydrogen-bond donors (Lipinski definition) is 1. The van der Waals surface area contributed by atoms with Gasteiger partial charge in [0.15, 0.2) is 23.9 Å². The zero-order chi connectivity index (χ0) is 23.7. The highest BCUT2D eigenvalue weighted by Gasteiger charge is 2.16. The van der Waals surface area contributed by atoms with Gasteiger partial charge in [-0.2, -0.15) is 0 Å². The Kier molecular flexibility index (Phi) is 9.59. The van der Waals surface area contributed by atoms with Crippen LogP contribution >= 0.6 is 11.8 Å². The van der Waals surface area contributed by atoms with Gasteiger partial charge in [-0.05, 0) is 48.9 Å². The van der Waals surface area contributed by atoms with Crippen molar-refractivity contribution in [3.05, 3.63) is 47.5 Å². The first-order chi connectivity index (χ1) is 15.2. The molecule has 172 valence electrons. The summed E-state index contributed by atoms with van der Waals surface area (Å²) < 4.78 is 16.2. The van der Waals surface area contributed by atoms with E-state index in [1.165, 1.54) is 31.9 Å². The van der Waals surface area contributed by atoms with E-state index < -0.39 is 12.6 Å². The molecule has 0 heterocycles. The molecule has 0 fully saturated rings. The highest BCUT2D eigenvalue weighted by molar-refractivity contribution is 7.98. The molecule has 1 amide bonds. The van der Waals surface area contributed by atoms with Crippen LogP contribution in [0.4, 0.5) is 5.69 Å². The Morgan fingerprint density at radius 2 is 1.75 bits per heavy atom. The standard InChI is InChI=1S/C24H29NO6S/c1-15(2)10-11-30-21-8-6-18(13-22(21)29-4)24(28)31-14-20(27)17-7-9-23(32-5)19(12-17)25-16(3)26/h6-9,12-13,15H,10-11,14H2,1-5H3,(H,25,26). The molecule has 0 saturated carbocycles. The molecule has 2 aromatic carbocycles. The van der Waals surface area contributed by atoms with E-state index in [4.69, 9.17) is 14.2 Å². The fourth-order valence-corrected chi connectivity index (χ4v) is 3.32. The summed E-state index contributed by atoms with van der Waals surface area (Å²) in [5.41, 5.74) is 1.13. The molecule has 8 heteroatoms. The largest absolute Gasteiger partial charge is 0.493 e. The van der Waals surface area contributed by atoms with Crippen molar-refractivity contribution >= 4 is 35.1 Å². The van der Waals surface area contributed by atoms with Crippen molar-refractivity contribution in [1.82, 2.24) is 0 Å². The normalized spacial score (nSPS) is 10.6. The topological polar surface area (TPSA) is 90.9 Å². The Hall–Kier alpha value is -3.00. The molecule has 0 aliphatic rings. The minimum Gasteiger partial charge on any atom is -0.493 e.